The van der Waals surface area contributed by atoms with E-state index in [1.54, 1.807) is 18.2 Å². The van der Waals surface area contributed by atoms with Crippen LogP contribution in [0.1, 0.15) is 32.1 Å². The molecule has 4 rings (SSSR count). The third kappa shape index (κ3) is 3.59. The molecular weight excluding hydrogens is 325 g/mol. The van der Waals surface area contributed by atoms with Gasteiger partial charge in [0.15, 0.2) is 5.82 Å². The minimum Gasteiger partial charge on any atom is -0.369 e. The molecule has 0 amide bonds. The molecule has 1 heterocycles. The van der Waals surface area contributed by atoms with Crippen LogP contribution in [-0.2, 0) is 0 Å². The largest absolute Gasteiger partial charge is 0.369 e. The highest BCUT2D eigenvalue weighted by Gasteiger charge is 2.12. The number of fused-ring (bicyclic) bond motifs is 1. The van der Waals surface area contributed by atoms with Gasteiger partial charge < -0.3 is 5.32 Å². The number of nitrogens with zero attached hydrogens (tertiary/aromatic N) is 2. The first kappa shape index (κ1) is 16.7. The molecule has 3 aromatic rings. The summed E-state index contributed by atoms with van der Waals surface area (Å²) in [6, 6.07) is 14.5. The van der Waals surface area contributed by atoms with E-state index in [-0.39, 0.29) is 5.82 Å². The molecule has 1 aromatic heterocycles. The molecule has 132 valence electrons. The minimum absolute atomic E-state index is 0.305. The predicted molar refractivity (Wildman–Crippen MR) is 105 cm³/mol. The summed E-state index contributed by atoms with van der Waals surface area (Å²) in [5, 5.41) is 4.41. The third-order valence-corrected chi connectivity index (χ3v) is 4.84. The van der Waals surface area contributed by atoms with Gasteiger partial charge in [-0.05, 0) is 56.4 Å². The van der Waals surface area contributed by atoms with Crippen LogP contribution in [0.4, 0.5) is 10.2 Å². The Bertz CT molecular complexity index is 949. The molecule has 0 bridgehead atoms. The van der Waals surface area contributed by atoms with E-state index in [4.69, 9.17) is 0 Å². The Morgan fingerprint density at radius 1 is 0.962 bits per heavy atom. The fourth-order valence-corrected chi connectivity index (χ4v) is 3.45. The van der Waals surface area contributed by atoms with Crippen molar-refractivity contribution in [3.63, 3.8) is 0 Å². The number of hydrogen-bond donors (Lipinski definition) is 1. The highest BCUT2D eigenvalue weighted by atomic mass is 19.1. The van der Waals surface area contributed by atoms with Crippen LogP contribution in [0.2, 0.25) is 0 Å². The Morgan fingerprint density at radius 2 is 1.81 bits per heavy atom. The maximum atomic E-state index is 14.2. The number of rotatable bonds is 5. The zero-order chi connectivity index (χ0) is 17.8. The first-order chi connectivity index (χ1) is 12.8. The molecule has 0 saturated heterocycles. The van der Waals surface area contributed by atoms with Crippen LogP contribution in [-0.4, -0.2) is 16.5 Å². The van der Waals surface area contributed by atoms with Crippen molar-refractivity contribution >= 4 is 16.7 Å². The molecule has 1 aliphatic carbocycles. The molecule has 0 unspecified atom stereocenters. The van der Waals surface area contributed by atoms with Gasteiger partial charge in [-0.2, -0.15) is 0 Å². The van der Waals surface area contributed by atoms with E-state index in [0.717, 1.165) is 29.7 Å². The van der Waals surface area contributed by atoms with Crippen molar-refractivity contribution in [2.24, 2.45) is 0 Å². The summed E-state index contributed by atoms with van der Waals surface area (Å²) in [4.78, 5) is 9.20. The lowest BCUT2D eigenvalue weighted by atomic mass is 9.97. The summed E-state index contributed by atoms with van der Waals surface area (Å²) >= 11 is 0. The lowest BCUT2D eigenvalue weighted by Gasteiger charge is -2.14. The van der Waals surface area contributed by atoms with Crippen LogP contribution in [0.5, 0.6) is 0 Å². The molecule has 0 fully saturated rings. The van der Waals surface area contributed by atoms with Gasteiger partial charge in [0.05, 0.1) is 11.1 Å². The first-order valence-corrected chi connectivity index (χ1v) is 9.25. The number of halogens is 1. The number of nitrogens with one attached hydrogen (secondary N) is 1. The van der Waals surface area contributed by atoms with Crippen LogP contribution in [0.15, 0.2) is 60.2 Å². The number of para-hydroxylation sites is 1. The molecule has 3 nitrogen and oxygen atoms in total. The average molecular weight is 347 g/mol. The fourth-order valence-electron chi connectivity index (χ4n) is 3.45. The first-order valence-electron chi connectivity index (χ1n) is 9.25. The van der Waals surface area contributed by atoms with Crippen LogP contribution < -0.4 is 5.32 Å². The normalized spacial score (nSPS) is 14.3. The molecule has 0 atom stereocenters. The quantitative estimate of drug-likeness (QED) is 0.598. The van der Waals surface area contributed by atoms with Crippen molar-refractivity contribution in [2.45, 2.75) is 32.1 Å². The van der Waals surface area contributed by atoms with Gasteiger partial charge >= 0.3 is 0 Å². The van der Waals surface area contributed by atoms with E-state index >= 15 is 0 Å². The number of hydrogen-bond acceptors (Lipinski definition) is 3. The number of allylic oxidation sites excluding steroid dienone is 1. The van der Waals surface area contributed by atoms with Crippen LogP contribution >= 0.6 is 0 Å². The Balaban J connectivity index is 1.64. The van der Waals surface area contributed by atoms with Gasteiger partial charge in [-0.1, -0.05) is 35.9 Å². The topological polar surface area (TPSA) is 37.8 Å². The molecule has 0 saturated carbocycles. The van der Waals surface area contributed by atoms with Crippen LogP contribution in [0.3, 0.4) is 0 Å². The van der Waals surface area contributed by atoms with Gasteiger partial charge in [-0.3, -0.25) is 0 Å². The van der Waals surface area contributed by atoms with Crippen molar-refractivity contribution < 1.29 is 4.39 Å². The molecule has 0 spiro atoms. The summed E-state index contributed by atoms with van der Waals surface area (Å²) in [5.41, 5.74) is 2.77. The Morgan fingerprint density at radius 3 is 2.65 bits per heavy atom. The lowest BCUT2D eigenvalue weighted by Crippen LogP contribution is -2.07. The van der Waals surface area contributed by atoms with Gasteiger partial charge in [0.25, 0.3) is 0 Å². The van der Waals surface area contributed by atoms with E-state index in [0.29, 0.717) is 11.4 Å². The van der Waals surface area contributed by atoms with Crippen molar-refractivity contribution in [3.05, 3.63) is 66.0 Å². The SMILES string of the molecule is Fc1ccccc1-c1nc(NCCC2=CCCCC2)c2ccccc2n1. The van der Waals surface area contributed by atoms with E-state index in [1.807, 2.05) is 24.3 Å². The molecule has 2 aromatic carbocycles. The van der Waals surface area contributed by atoms with E-state index in [1.165, 1.54) is 37.3 Å². The fraction of sp³-hybridized carbons (Fsp3) is 0.273. The maximum Gasteiger partial charge on any atom is 0.165 e. The zero-order valence-electron chi connectivity index (χ0n) is 14.7. The monoisotopic (exact) mass is 347 g/mol. The summed E-state index contributed by atoms with van der Waals surface area (Å²) in [5.74, 6) is 0.882. The van der Waals surface area contributed by atoms with Crippen molar-refractivity contribution in [1.29, 1.82) is 0 Å². The second-order valence-electron chi connectivity index (χ2n) is 6.68. The second-order valence-corrected chi connectivity index (χ2v) is 6.68. The molecule has 4 heteroatoms. The minimum atomic E-state index is -0.305. The van der Waals surface area contributed by atoms with Crippen molar-refractivity contribution in [2.75, 3.05) is 11.9 Å². The molecule has 0 aliphatic heterocycles. The highest BCUT2D eigenvalue weighted by molar-refractivity contribution is 5.90. The molecule has 26 heavy (non-hydrogen) atoms. The van der Waals surface area contributed by atoms with E-state index < -0.39 is 0 Å². The smallest absolute Gasteiger partial charge is 0.165 e. The van der Waals surface area contributed by atoms with Gasteiger partial charge in [-0.15, -0.1) is 0 Å². The Labute approximate surface area is 153 Å². The standard InChI is InChI=1S/C22H22FN3/c23-19-12-6-4-10-17(19)22-25-20-13-7-5-11-18(20)21(26-22)24-15-14-16-8-2-1-3-9-16/h4-8,10-13H,1-3,9,14-15H2,(H,24,25,26). The van der Waals surface area contributed by atoms with E-state index in [9.17, 15) is 4.39 Å². The van der Waals surface area contributed by atoms with Crippen molar-refractivity contribution in [1.82, 2.24) is 9.97 Å². The molecular formula is C22H22FN3. The molecule has 1 aliphatic rings. The Kier molecular flexibility index (Phi) is 4.91. The Hall–Kier alpha value is -2.75. The zero-order valence-corrected chi connectivity index (χ0v) is 14.7. The summed E-state index contributed by atoms with van der Waals surface area (Å²) < 4.78 is 14.2. The van der Waals surface area contributed by atoms with Gasteiger partial charge in [0.1, 0.15) is 11.6 Å². The number of benzene rings is 2. The van der Waals surface area contributed by atoms with Gasteiger partial charge in [0.2, 0.25) is 0 Å². The van der Waals surface area contributed by atoms with Crippen LogP contribution in [0, 0.1) is 5.82 Å². The maximum absolute atomic E-state index is 14.2. The highest BCUT2D eigenvalue weighted by Crippen LogP contribution is 2.27. The third-order valence-electron chi connectivity index (χ3n) is 4.84. The van der Waals surface area contributed by atoms with E-state index in [2.05, 4.69) is 21.4 Å². The number of aromatic nitrogens is 2. The summed E-state index contributed by atoms with van der Waals surface area (Å²) in [6.45, 7) is 0.823. The second kappa shape index (κ2) is 7.65. The van der Waals surface area contributed by atoms with Crippen molar-refractivity contribution in [3.8, 4) is 11.4 Å². The summed E-state index contributed by atoms with van der Waals surface area (Å²) in [7, 11) is 0. The molecule has 0 radical (unpaired) electrons. The lowest BCUT2D eigenvalue weighted by molar-refractivity contribution is 0.630. The summed E-state index contributed by atoms with van der Waals surface area (Å²) in [6.07, 6.45) is 8.39. The molecule has 1 N–H and O–H groups in total. The average Bonchev–Trinajstić information content (AvgIpc) is 2.69. The van der Waals surface area contributed by atoms with Gasteiger partial charge in [-0.25, -0.2) is 14.4 Å². The van der Waals surface area contributed by atoms with Gasteiger partial charge in [0, 0.05) is 11.9 Å². The predicted octanol–water partition coefficient (Wildman–Crippen LogP) is 5.74. The van der Waals surface area contributed by atoms with Crippen LogP contribution in [0.25, 0.3) is 22.3 Å². The number of anilines is 1.